The maximum absolute atomic E-state index is 12.1. The van der Waals surface area contributed by atoms with Crippen molar-refractivity contribution >= 4 is 33.6 Å². The smallest absolute Gasteiger partial charge is 0.269 e. The number of rotatable bonds is 6. The quantitative estimate of drug-likeness (QED) is 0.464. The highest BCUT2D eigenvalue weighted by atomic mass is 32.2. The summed E-state index contributed by atoms with van der Waals surface area (Å²) in [7, 11) is -1.49. The minimum Gasteiger partial charge on any atom is -0.292 e. The van der Waals surface area contributed by atoms with Crippen molar-refractivity contribution in [3.63, 3.8) is 0 Å². The third kappa shape index (κ3) is 3.83. The molecule has 7 heteroatoms. The molecule has 110 valence electrons. The minimum atomic E-state index is -1.49. The van der Waals surface area contributed by atoms with Crippen molar-refractivity contribution in [2.45, 2.75) is 18.2 Å². The predicted octanol–water partition coefficient (Wildman–Crippen LogP) is 3.21. The van der Waals surface area contributed by atoms with Gasteiger partial charge in [0, 0.05) is 21.9 Å². The molecule has 0 aliphatic carbocycles. The van der Waals surface area contributed by atoms with E-state index in [1.165, 1.54) is 35.6 Å². The highest BCUT2D eigenvalue weighted by Gasteiger charge is 2.15. The zero-order chi connectivity index (χ0) is 15.4. The summed E-state index contributed by atoms with van der Waals surface area (Å²) >= 11 is 1.41. The maximum Gasteiger partial charge on any atom is 0.269 e. The molecular weight excluding hydrogens is 310 g/mol. The van der Waals surface area contributed by atoms with Gasteiger partial charge in [-0.05, 0) is 30.7 Å². The lowest BCUT2D eigenvalue weighted by atomic mass is 10.3. The summed E-state index contributed by atoms with van der Waals surface area (Å²) in [5.41, 5.74) is -0.0621. The van der Waals surface area contributed by atoms with Crippen molar-refractivity contribution in [3.8, 4) is 0 Å². The molecule has 0 radical (unpaired) electrons. The summed E-state index contributed by atoms with van der Waals surface area (Å²) in [6, 6.07) is 9.07. The molecule has 0 N–H and O–H groups in total. The van der Waals surface area contributed by atoms with Crippen molar-refractivity contribution in [2.24, 2.45) is 0 Å². The van der Waals surface area contributed by atoms with Gasteiger partial charge in [0.25, 0.3) is 5.69 Å². The molecule has 1 aromatic carbocycles. The first-order valence-electron chi connectivity index (χ1n) is 6.26. The lowest BCUT2D eigenvalue weighted by molar-refractivity contribution is -0.384. The number of hydrogen-bond acceptors (Lipinski definition) is 5. The number of hydrogen-bond donors (Lipinski definition) is 0. The Balaban J connectivity index is 2.06. The molecule has 0 spiro atoms. The average molecular weight is 323 g/mol. The van der Waals surface area contributed by atoms with Crippen LogP contribution >= 0.6 is 11.3 Å². The average Bonchev–Trinajstić information content (AvgIpc) is 2.96. The van der Waals surface area contributed by atoms with Gasteiger partial charge < -0.3 is 0 Å². The summed E-state index contributed by atoms with van der Waals surface area (Å²) in [5.74, 6) is -0.280. The lowest BCUT2D eigenvalue weighted by Crippen LogP contribution is -2.09. The maximum atomic E-state index is 12.1. The van der Waals surface area contributed by atoms with Gasteiger partial charge in [-0.1, -0.05) is 6.92 Å². The Morgan fingerprint density at radius 1 is 1.24 bits per heavy atom. The van der Waals surface area contributed by atoms with E-state index >= 15 is 0 Å². The van der Waals surface area contributed by atoms with Crippen LogP contribution in [0.5, 0.6) is 0 Å². The Bertz CT molecular complexity index is 691. The predicted molar refractivity (Wildman–Crippen MR) is 82.4 cm³/mol. The molecule has 5 nitrogen and oxygen atoms in total. The number of benzene rings is 1. The van der Waals surface area contributed by atoms with Gasteiger partial charge in [0.1, 0.15) is 0 Å². The van der Waals surface area contributed by atoms with E-state index in [1.54, 1.807) is 6.07 Å². The molecule has 0 fully saturated rings. The number of carbonyl (C=O) groups excluding carboxylic acids is 1. The van der Waals surface area contributed by atoms with Crippen LogP contribution in [0.3, 0.4) is 0 Å². The Kier molecular flexibility index (Phi) is 4.98. The van der Waals surface area contributed by atoms with Crippen molar-refractivity contribution in [1.82, 2.24) is 0 Å². The lowest BCUT2D eigenvalue weighted by Gasteiger charge is -2.00. The molecule has 0 aliphatic rings. The number of non-ortho nitro benzene ring substituents is 1. The Morgan fingerprint density at radius 3 is 2.43 bits per heavy atom. The highest BCUT2D eigenvalue weighted by Crippen LogP contribution is 2.19. The zero-order valence-electron chi connectivity index (χ0n) is 11.3. The number of nitro groups is 1. The van der Waals surface area contributed by atoms with Crippen LogP contribution in [-0.4, -0.2) is 20.7 Å². The van der Waals surface area contributed by atoms with Crippen molar-refractivity contribution in [2.75, 3.05) is 5.75 Å². The summed E-state index contributed by atoms with van der Waals surface area (Å²) in [6.07, 6.45) is 0.864. The van der Waals surface area contributed by atoms with Crippen LogP contribution < -0.4 is 0 Å². The molecule has 21 heavy (non-hydrogen) atoms. The van der Waals surface area contributed by atoms with E-state index < -0.39 is 15.7 Å². The number of nitrogens with zero attached hydrogens (tertiary/aromatic N) is 1. The zero-order valence-corrected chi connectivity index (χ0v) is 12.9. The SMILES string of the molecule is CCc1ccc(C(=O)CS(=O)c2ccc([N+](=O)[O-])cc2)s1. The molecule has 2 rings (SSSR count). The summed E-state index contributed by atoms with van der Waals surface area (Å²) in [4.78, 5) is 24.2. The molecule has 0 bridgehead atoms. The van der Waals surface area contributed by atoms with E-state index in [4.69, 9.17) is 0 Å². The molecule has 1 unspecified atom stereocenters. The van der Waals surface area contributed by atoms with E-state index in [1.807, 2.05) is 13.0 Å². The topological polar surface area (TPSA) is 77.3 Å². The van der Waals surface area contributed by atoms with E-state index in [0.29, 0.717) is 9.77 Å². The Hall–Kier alpha value is -1.86. The normalized spacial score (nSPS) is 12.0. The van der Waals surface area contributed by atoms with E-state index in [0.717, 1.165) is 11.3 Å². The van der Waals surface area contributed by atoms with E-state index in [-0.39, 0.29) is 17.2 Å². The second-order valence-corrected chi connectivity index (χ2v) is 6.90. The molecule has 2 aromatic rings. The van der Waals surface area contributed by atoms with Crippen LogP contribution in [0.4, 0.5) is 5.69 Å². The number of nitro benzene ring substituents is 1. The van der Waals surface area contributed by atoms with Crippen LogP contribution in [-0.2, 0) is 17.2 Å². The fraction of sp³-hybridized carbons (Fsp3) is 0.214. The van der Waals surface area contributed by atoms with Crippen LogP contribution in [0.1, 0.15) is 21.5 Å². The second-order valence-electron chi connectivity index (χ2n) is 4.28. The van der Waals surface area contributed by atoms with Crippen molar-refractivity contribution < 1.29 is 13.9 Å². The van der Waals surface area contributed by atoms with Crippen LogP contribution in [0, 0.1) is 10.1 Å². The molecule has 0 saturated heterocycles. The number of carbonyl (C=O) groups is 1. The molecular formula is C14H13NO4S2. The summed E-state index contributed by atoms with van der Waals surface area (Å²) < 4.78 is 12.1. The molecule has 0 amide bonds. The second kappa shape index (κ2) is 6.73. The first-order valence-corrected chi connectivity index (χ1v) is 8.39. The summed E-state index contributed by atoms with van der Waals surface area (Å²) in [5, 5.41) is 10.6. The third-order valence-corrected chi connectivity index (χ3v) is 5.45. The number of Topliss-reactive ketones (excluding diaryl/α,β-unsaturated/α-hetero) is 1. The highest BCUT2D eigenvalue weighted by molar-refractivity contribution is 7.85. The molecule has 1 aromatic heterocycles. The van der Waals surface area contributed by atoms with E-state index in [9.17, 15) is 19.1 Å². The van der Waals surface area contributed by atoms with E-state index in [2.05, 4.69) is 0 Å². The van der Waals surface area contributed by atoms with Gasteiger partial charge in [0.2, 0.25) is 0 Å². The van der Waals surface area contributed by atoms with Gasteiger partial charge in [0.05, 0.1) is 26.4 Å². The number of thiophene rings is 1. The van der Waals surface area contributed by atoms with Gasteiger partial charge in [0.15, 0.2) is 5.78 Å². The van der Waals surface area contributed by atoms with Gasteiger partial charge in [-0.25, -0.2) is 0 Å². The van der Waals surface area contributed by atoms with Crippen LogP contribution in [0.15, 0.2) is 41.3 Å². The third-order valence-electron chi connectivity index (χ3n) is 2.86. The number of aryl methyl sites for hydroxylation is 1. The molecule has 0 aliphatic heterocycles. The van der Waals surface area contributed by atoms with Gasteiger partial charge in [-0.3, -0.25) is 19.1 Å². The van der Waals surface area contributed by atoms with Crippen molar-refractivity contribution in [1.29, 1.82) is 0 Å². The number of ketones is 1. The standard InChI is InChI=1S/C14H13NO4S2/c1-2-11-5-8-14(20-11)13(16)9-21(19)12-6-3-10(4-7-12)15(17)18/h3-8H,2,9H2,1H3. The first kappa shape index (κ1) is 15.5. The van der Waals surface area contributed by atoms with Crippen LogP contribution in [0.25, 0.3) is 0 Å². The fourth-order valence-electron chi connectivity index (χ4n) is 1.71. The first-order chi connectivity index (χ1) is 10.0. The molecule has 0 saturated carbocycles. The molecule has 1 heterocycles. The fourth-order valence-corrected chi connectivity index (χ4v) is 3.69. The Morgan fingerprint density at radius 2 is 1.90 bits per heavy atom. The monoisotopic (exact) mass is 323 g/mol. The van der Waals surface area contributed by atoms with Crippen molar-refractivity contribution in [3.05, 3.63) is 56.3 Å². The Labute approximate surface area is 128 Å². The minimum absolute atomic E-state index is 0.0621. The van der Waals surface area contributed by atoms with Gasteiger partial charge in [-0.2, -0.15) is 0 Å². The summed E-state index contributed by atoms with van der Waals surface area (Å²) in [6.45, 7) is 2.01. The van der Waals surface area contributed by atoms with Gasteiger partial charge >= 0.3 is 0 Å². The van der Waals surface area contributed by atoms with Crippen LogP contribution in [0.2, 0.25) is 0 Å². The largest absolute Gasteiger partial charge is 0.292 e. The molecule has 1 atom stereocenters. The van der Waals surface area contributed by atoms with Gasteiger partial charge in [-0.15, -0.1) is 11.3 Å².